The maximum atomic E-state index is 13.2. The van der Waals surface area contributed by atoms with Crippen LogP contribution in [0.3, 0.4) is 0 Å². The molecule has 102 valence electrons. The van der Waals surface area contributed by atoms with Crippen molar-refractivity contribution < 1.29 is 8.91 Å². The van der Waals surface area contributed by atoms with E-state index in [1.54, 1.807) is 12.1 Å². The van der Waals surface area contributed by atoms with E-state index in [0.717, 1.165) is 11.5 Å². The molecule has 0 atom stereocenters. The molecule has 2 heterocycles. The molecule has 2 aromatic heterocycles. The summed E-state index contributed by atoms with van der Waals surface area (Å²) in [4.78, 5) is 0. The Kier molecular flexibility index (Phi) is 3.46. The van der Waals surface area contributed by atoms with Crippen LogP contribution in [0, 0.1) is 12.7 Å². The van der Waals surface area contributed by atoms with Crippen molar-refractivity contribution in [2.45, 2.75) is 17.8 Å². The van der Waals surface area contributed by atoms with Crippen LogP contribution in [-0.4, -0.2) is 25.4 Å². The smallest absolute Gasteiger partial charge is 0.214 e. The van der Waals surface area contributed by atoms with Crippen LogP contribution in [0.2, 0.25) is 0 Å². The van der Waals surface area contributed by atoms with E-state index in [0.29, 0.717) is 16.6 Å². The molecule has 0 aliphatic rings. The van der Waals surface area contributed by atoms with Gasteiger partial charge in [-0.2, -0.15) is 4.68 Å². The van der Waals surface area contributed by atoms with Crippen molar-refractivity contribution in [3.8, 4) is 5.69 Å². The first-order valence-electron chi connectivity index (χ1n) is 5.82. The lowest BCUT2D eigenvalue weighted by atomic mass is 10.3. The fraction of sp³-hybridized carbons (Fsp3) is 0.167. The average Bonchev–Trinajstić information content (AvgIpc) is 3.05. The third-order valence-electron chi connectivity index (χ3n) is 2.52. The molecule has 0 radical (unpaired) electrons. The van der Waals surface area contributed by atoms with Crippen molar-refractivity contribution in [1.82, 2.24) is 25.4 Å². The number of benzene rings is 1. The lowest BCUT2D eigenvalue weighted by molar-refractivity contribution is 0.393. The second-order valence-corrected chi connectivity index (χ2v) is 5.01. The van der Waals surface area contributed by atoms with Crippen molar-refractivity contribution in [2.24, 2.45) is 0 Å². The van der Waals surface area contributed by atoms with Crippen LogP contribution in [0.25, 0.3) is 5.69 Å². The van der Waals surface area contributed by atoms with Crippen molar-refractivity contribution >= 4 is 11.8 Å². The van der Waals surface area contributed by atoms with Gasteiger partial charge in [-0.1, -0.05) is 23.0 Å². The number of rotatable bonds is 4. The zero-order valence-electron chi connectivity index (χ0n) is 10.5. The van der Waals surface area contributed by atoms with Gasteiger partial charge in [0, 0.05) is 11.8 Å². The number of hydrogen-bond acceptors (Lipinski definition) is 6. The molecule has 0 aliphatic heterocycles. The van der Waals surface area contributed by atoms with Crippen LogP contribution in [-0.2, 0) is 5.75 Å². The number of thioether (sulfide) groups is 1. The predicted octanol–water partition coefficient (Wildman–Crippen LogP) is 2.39. The molecule has 8 heteroatoms. The number of hydrogen-bond donors (Lipinski definition) is 0. The molecule has 0 saturated heterocycles. The van der Waals surface area contributed by atoms with Gasteiger partial charge in [0.05, 0.1) is 11.4 Å². The average molecular weight is 291 g/mol. The Morgan fingerprint density at radius 3 is 3.00 bits per heavy atom. The lowest BCUT2D eigenvalue weighted by Gasteiger charge is -2.03. The minimum absolute atomic E-state index is 0.332. The van der Waals surface area contributed by atoms with Crippen LogP contribution in [0.4, 0.5) is 4.39 Å². The summed E-state index contributed by atoms with van der Waals surface area (Å²) >= 11 is 1.40. The Bertz CT molecular complexity index is 726. The Morgan fingerprint density at radius 2 is 2.25 bits per heavy atom. The first-order valence-corrected chi connectivity index (χ1v) is 6.80. The second kappa shape index (κ2) is 5.41. The highest BCUT2D eigenvalue weighted by atomic mass is 32.2. The van der Waals surface area contributed by atoms with Gasteiger partial charge < -0.3 is 4.52 Å². The lowest BCUT2D eigenvalue weighted by Crippen LogP contribution is -1.99. The molecule has 0 amide bonds. The molecular weight excluding hydrogens is 281 g/mol. The molecule has 6 nitrogen and oxygen atoms in total. The highest BCUT2D eigenvalue weighted by Crippen LogP contribution is 2.22. The second-order valence-electron chi connectivity index (χ2n) is 4.07. The first-order chi connectivity index (χ1) is 9.72. The molecule has 20 heavy (non-hydrogen) atoms. The van der Waals surface area contributed by atoms with E-state index >= 15 is 0 Å². The van der Waals surface area contributed by atoms with Crippen LogP contribution in [0.15, 0.2) is 40.0 Å². The van der Waals surface area contributed by atoms with Crippen molar-refractivity contribution in [3.05, 3.63) is 47.6 Å². The molecule has 0 spiro atoms. The third kappa shape index (κ3) is 2.69. The number of aryl methyl sites for hydroxylation is 1. The van der Waals surface area contributed by atoms with Gasteiger partial charge in [0.2, 0.25) is 5.16 Å². The maximum absolute atomic E-state index is 13.2. The summed E-state index contributed by atoms with van der Waals surface area (Å²) in [7, 11) is 0. The molecule has 0 bridgehead atoms. The maximum Gasteiger partial charge on any atom is 0.214 e. The van der Waals surface area contributed by atoms with E-state index in [1.807, 2.05) is 13.0 Å². The zero-order valence-corrected chi connectivity index (χ0v) is 11.3. The van der Waals surface area contributed by atoms with Crippen LogP contribution in [0.1, 0.15) is 11.5 Å². The van der Waals surface area contributed by atoms with Gasteiger partial charge in [-0.05, 0) is 35.5 Å². The summed E-state index contributed by atoms with van der Waals surface area (Å²) in [6, 6.07) is 7.95. The van der Waals surface area contributed by atoms with Crippen molar-refractivity contribution in [1.29, 1.82) is 0 Å². The summed E-state index contributed by atoms with van der Waals surface area (Å²) in [5, 5.41) is 15.9. The number of aromatic nitrogens is 5. The van der Waals surface area contributed by atoms with E-state index in [-0.39, 0.29) is 5.82 Å². The van der Waals surface area contributed by atoms with E-state index in [2.05, 4.69) is 20.7 Å². The molecule has 0 aliphatic carbocycles. The standard InChI is InChI=1S/C12H10FN5OS/c1-8-5-10(15-19-8)7-20-12-14-16-17-18(12)11-4-2-3-9(13)6-11/h2-6H,7H2,1H3. The molecular formula is C12H10FN5OS. The largest absolute Gasteiger partial charge is 0.361 e. The van der Waals surface area contributed by atoms with Gasteiger partial charge in [-0.15, -0.1) is 5.10 Å². The van der Waals surface area contributed by atoms with E-state index in [1.165, 1.54) is 28.6 Å². The van der Waals surface area contributed by atoms with Gasteiger partial charge in [-0.25, -0.2) is 4.39 Å². The summed E-state index contributed by atoms with van der Waals surface area (Å²) in [6.45, 7) is 1.83. The monoisotopic (exact) mass is 291 g/mol. The molecule has 0 fully saturated rings. The van der Waals surface area contributed by atoms with Crippen LogP contribution < -0.4 is 0 Å². The van der Waals surface area contributed by atoms with E-state index < -0.39 is 0 Å². The van der Waals surface area contributed by atoms with Crippen molar-refractivity contribution in [3.63, 3.8) is 0 Å². The Balaban J connectivity index is 1.80. The Morgan fingerprint density at radius 1 is 1.35 bits per heavy atom. The molecule has 1 aromatic carbocycles. The topological polar surface area (TPSA) is 69.6 Å². The third-order valence-corrected chi connectivity index (χ3v) is 3.47. The summed E-state index contributed by atoms with van der Waals surface area (Å²) < 4.78 is 19.7. The van der Waals surface area contributed by atoms with Gasteiger partial charge >= 0.3 is 0 Å². The van der Waals surface area contributed by atoms with Gasteiger partial charge in [0.1, 0.15) is 11.6 Å². The number of halogens is 1. The summed E-state index contributed by atoms with van der Waals surface area (Å²) in [5.74, 6) is 0.999. The van der Waals surface area contributed by atoms with Crippen LogP contribution >= 0.6 is 11.8 Å². The van der Waals surface area contributed by atoms with Gasteiger partial charge in [0.15, 0.2) is 0 Å². The van der Waals surface area contributed by atoms with Crippen molar-refractivity contribution in [2.75, 3.05) is 0 Å². The first kappa shape index (κ1) is 12.8. The quantitative estimate of drug-likeness (QED) is 0.687. The highest BCUT2D eigenvalue weighted by molar-refractivity contribution is 7.98. The number of tetrazole rings is 1. The van der Waals surface area contributed by atoms with Gasteiger partial charge in [0.25, 0.3) is 0 Å². The molecule has 0 unspecified atom stereocenters. The molecule has 3 aromatic rings. The summed E-state index contributed by atoms with van der Waals surface area (Å²) in [6.07, 6.45) is 0. The molecule has 0 N–H and O–H groups in total. The highest BCUT2D eigenvalue weighted by Gasteiger charge is 2.11. The van der Waals surface area contributed by atoms with E-state index in [9.17, 15) is 4.39 Å². The Hall–Kier alpha value is -2.22. The SMILES string of the molecule is Cc1cc(CSc2nnnn2-c2cccc(F)c2)no1. The van der Waals surface area contributed by atoms with Gasteiger partial charge in [-0.3, -0.25) is 0 Å². The predicted molar refractivity (Wildman–Crippen MR) is 69.9 cm³/mol. The Labute approximate surface area is 118 Å². The fourth-order valence-electron chi connectivity index (χ4n) is 1.66. The fourth-order valence-corrected chi connectivity index (χ4v) is 2.43. The number of nitrogens with zero attached hydrogens (tertiary/aromatic N) is 5. The normalized spacial score (nSPS) is 10.9. The molecule has 3 rings (SSSR count). The minimum atomic E-state index is -0.332. The molecule has 0 saturated carbocycles. The summed E-state index contributed by atoms with van der Waals surface area (Å²) in [5.41, 5.74) is 1.38. The van der Waals surface area contributed by atoms with E-state index in [4.69, 9.17) is 4.52 Å². The van der Waals surface area contributed by atoms with Crippen LogP contribution in [0.5, 0.6) is 0 Å². The minimum Gasteiger partial charge on any atom is -0.361 e. The zero-order chi connectivity index (χ0) is 13.9.